The summed E-state index contributed by atoms with van der Waals surface area (Å²) in [7, 11) is 0. The minimum absolute atomic E-state index is 0.102. The van der Waals surface area contributed by atoms with Gasteiger partial charge >= 0.3 is 0 Å². The highest BCUT2D eigenvalue weighted by Crippen LogP contribution is 2.64. The molecule has 1 heterocycles. The smallest absolute Gasteiger partial charge is 0.245 e. The maximum atomic E-state index is 14.0. The van der Waals surface area contributed by atoms with Gasteiger partial charge in [0.1, 0.15) is 10.8 Å². The summed E-state index contributed by atoms with van der Waals surface area (Å²) in [6.45, 7) is 3.84. The average molecular weight is 367 g/mol. The van der Waals surface area contributed by atoms with Crippen LogP contribution in [0.3, 0.4) is 0 Å². The zero-order valence-electron chi connectivity index (χ0n) is 15.9. The summed E-state index contributed by atoms with van der Waals surface area (Å²) in [5.41, 5.74) is 2.30. The Morgan fingerprint density at radius 2 is 1.18 bits per heavy atom. The number of nitrogens with zero attached hydrogens (tertiary/aromatic N) is 1. The van der Waals surface area contributed by atoms with Crippen LogP contribution in [0.15, 0.2) is 72.8 Å². The van der Waals surface area contributed by atoms with Gasteiger partial charge in [0.05, 0.1) is 0 Å². The van der Waals surface area contributed by atoms with Crippen LogP contribution in [0.25, 0.3) is 0 Å². The molecule has 3 nitrogen and oxygen atoms in total. The van der Waals surface area contributed by atoms with E-state index in [1.807, 2.05) is 38.1 Å². The SMILES string of the molecule is CC(C)N1C(=O)C23C=CC(c4ccccc42)C2C=CC3(C1=O)c1ccccc12. The van der Waals surface area contributed by atoms with E-state index in [-0.39, 0.29) is 29.7 Å². The van der Waals surface area contributed by atoms with Gasteiger partial charge in [-0.15, -0.1) is 0 Å². The molecule has 4 unspecified atom stereocenters. The van der Waals surface area contributed by atoms with Gasteiger partial charge in [-0.2, -0.15) is 0 Å². The van der Waals surface area contributed by atoms with Gasteiger partial charge in [-0.25, -0.2) is 0 Å². The average Bonchev–Trinajstić information content (AvgIpc) is 2.85. The normalized spacial score (nSPS) is 33.8. The number of rotatable bonds is 1. The summed E-state index contributed by atoms with van der Waals surface area (Å²) in [6.07, 6.45) is 8.45. The zero-order chi connectivity index (χ0) is 19.3. The first-order valence-corrected chi connectivity index (χ1v) is 9.99. The third-order valence-electron chi connectivity index (χ3n) is 7.23. The van der Waals surface area contributed by atoms with Crippen molar-refractivity contribution in [1.29, 1.82) is 0 Å². The first-order valence-electron chi connectivity index (χ1n) is 9.99. The molecule has 138 valence electrons. The number of likely N-dealkylation sites (tertiary alicyclic amines) is 1. The van der Waals surface area contributed by atoms with E-state index in [1.54, 1.807) is 0 Å². The molecule has 1 aliphatic heterocycles. The second-order valence-corrected chi connectivity index (χ2v) is 8.63. The maximum absolute atomic E-state index is 14.0. The number of carbonyl (C=O) groups is 2. The molecule has 0 saturated carbocycles. The molecule has 1 fully saturated rings. The lowest BCUT2D eigenvalue weighted by Gasteiger charge is -2.50. The lowest BCUT2D eigenvalue weighted by atomic mass is 9.48. The van der Waals surface area contributed by atoms with E-state index in [0.29, 0.717) is 0 Å². The predicted octanol–water partition coefficient (Wildman–Crippen LogP) is 3.96. The molecule has 3 aliphatic carbocycles. The lowest BCUT2D eigenvalue weighted by molar-refractivity contribution is -0.141. The van der Waals surface area contributed by atoms with Crippen molar-refractivity contribution in [3.05, 3.63) is 95.1 Å². The predicted molar refractivity (Wildman–Crippen MR) is 107 cm³/mol. The number of allylic oxidation sites excluding steroid dienone is 2. The van der Waals surface area contributed by atoms with Gasteiger partial charge in [-0.1, -0.05) is 72.8 Å². The Hall–Kier alpha value is -2.94. The molecule has 2 aromatic rings. The van der Waals surface area contributed by atoms with E-state index >= 15 is 0 Å². The van der Waals surface area contributed by atoms with Crippen molar-refractivity contribution in [1.82, 2.24) is 4.90 Å². The van der Waals surface area contributed by atoms with Gasteiger partial charge in [0.2, 0.25) is 11.8 Å². The Labute approximate surface area is 164 Å². The van der Waals surface area contributed by atoms with Crippen molar-refractivity contribution in [2.24, 2.45) is 0 Å². The molecule has 4 bridgehead atoms. The van der Waals surface area contributed by atoms with E-state index < -0.39 is 10.8 Å². The quantitative estimate of drug-likeness (QED) is 0.565. The van der Waals surface area contributed by atoms with E-state index in [0.717, 1.165) is 11.1 Å². The summed E-state index contributed by atoms with van der Waals surface area (Å²) in [6, 6.07) is 16.2. The van der Waals surface area contributed by atoms with Crippen molar-refractivity contribution in [3.8, 4) is 0 Å². The minimum atomic E-state index is -1.01. The van der Waals surface area contributed by atoms with Crippen LogP contribution in [0.1, 0.15) is 47.9 Å². The summed E-state index contributed by atoms with van der Waals surface area (Å²) in [5.74, 6) is 0.144. The van der Waals surface area contributed by atoms with Gasteiger partial charge in [0.25, 0.3) is 0 Å². The van der Waals surface area contributed by atoms with E-state index in [9.17, 15) is 9.59 Å². The van der Waals surface area contributed by atoms with Crippen LogP contribution in [-0.2, 0) is 20.4 Å². The monoisotopic (exact) mass is 367 g/mol. The summed E-state index contributed by atoms with van der Waals surface area (Å²) >= 11 is 0. The number of hydrogen-bond donors (Lipinski definition) is 0. The Kier molecular flexibility index (Phi) is 2.81. The minimum Gasteiger partial charge on any atom is -0.278 e. The van der Waals surface area contributed by atoms with Crippen LogP contribution in [0.5, 0.6) is 0 Å². The van der Waals surface area contributed by atoms with Crippen molar-refractivity contribution < 1.29 is 9.59 Å². The molecular weight excluding hydrogens is 346 g/mol. The third kappa shape index (κ3) is 1.45. The Bertz CT molecular complexity index is 1040. The fraction of sp³-hybridized carbons (Fsp3) is 0.280. The molecule has 2 amide bonds. The van der Waals surface area contributed by atoms with E-state index in [2.05, 4.69) is 48.6 Å². The number of carbonyl (C=O) groups excluding carboxylic acids is 2. The van der Waals surface area contributed by atoms with Crippen LogP contribution in [-0.4, -0.2) is 22.8 Å². The van der Waals surface area contributed by atoms with Crippen molar-refractivity contribution >= 4 is 11.8 Å². The fourth-order valence-electron chi connectivity index (χ4n) is 6.14. The molecule has 6 rings (SSSR count). The number of imide groups is 1. The molecule has 2 spiro atoms. The van der Waals surface area contributed by atoms with Gasteiger partial charge < -0.3 is 0 Å². The second-order valence-electron chi connectivity index (χ2n) is 8.63. The number of fused-ring (bicyclic) bond motifs is 1. The number of hydrogen-bond acceptors (Lipinski definition) is 2. The Morgan fingerprint density at radius 1 is 0.750 bits per heavy atom. The van der Waals surface area contributed by atoms with Gasteiger partial charge in [0, 0.05) is 17.9 Å². The first kappa shape index (κ1) is 16.1. The molecule has 0 radical (unpaired) electrons. The number of benzene rings is 2. The maximum Gasteiger partial charge on any atom is 0.245 e. The van der Waals surface area contributed by atoms with Crippen molar-refractivity contribution in [2.75, 3.05) is 0 Å². The number of amides is 2. The van der Waals surface area contributed by atoms with Crippen LogP contribution in [0, 0.1) is 0 Å². The summed E-state index contributed by atoms with van der Waals surface area (Å²) in [5, 5.41) is 0. The topological polar surface area (TPSA) is 37.4 Å². The van der Waals surface area contributed by atoms with Crippen molar-refractivity contribution in [2.45, 2.75) is 42.6 Å². The Morgan fingerprint density at radius 3 is 1.61 bits per heavy atom. The van der Waals surface area contributed by atoms with Gasteiger partial charge in [0.15, 0.2) is 0 Å². The van der Waals surface area contributed by atoms with E-state index in [4.69, 9.17) is 0 Å². The zero-order valence-corrected chi connectivity index (χ0v) is 15.9. The van der Waals surface area contributed by atoms with Gasteiger partial charge in [-0.05, 0) is 36.1 Å². The standard InChI is InChI=1S/C25H21NO2/c1-15(2)26-22(27)24-13-11-16(18-7-3-5-9-20(18)24)17-12-14-25(24,23(26)28)21-10-6-4-8-19(17)21/h3-17H,1-2H3. The largest absolute Gasteiger partial charge is 0.278 e. The molecule has 2 aromatic carbocycles. The molecule has 28 heavy (non-hydrogen) atoms. The Balaban J connectivity index is 1.83. The lowest BCUT2D eigenvalue weighted by Crippen LogP contribution is -2.54. The first-order chi connectivity index (χ1) is 13.5. The summed E-state index contributed by atoms with van der Waals surface area (Å²) < 4.78 is 0. The van der Waals surface area contributed by atoms with E-state index in [1.165, 1.54) is 16.0 Å². The van der Waals surface area contributed by atoms with Crippen LogP contribution >= 0.6 is 0 Å². The fourth-order valence-corrected chi connectivity index (χ4v) is 6.14. The van der Waals surface area contributed by atoms with Crippen LogP contribution < -0.4 is 0 Å². The molecule has 0 N–H and O–H groups in total. The highest BCUT2D eigenvalue weighted by atomic mass is 16.2. The second kappa shape index (κ2) is 4.91. The van der Waals surface area contributed by atoms with Crippen LogP contribution in [0.4, 0.5) is 0 Å². The molecule has 3 heteroatoms. The molecule has 0 aromatic heterocycles. The molecule has 4 atom stereocenters. The van der Waals surface area contributed by atoms with Crippen molar-refractivity contribution in [3.63, 3.8) is 0 Å². The van der Waals surface area contributed by atoms with Gasteiger partial charge in [-0.3, -0.25) is 14.5 Å². The third-order valence-corrected chi connectivity index (χ3v) is 7.23. The molecular formula is C25H21NO2. The van der Waals surface area contributed by atoms with Crippen LogP contribution in [0.2, 0.25) is 0 Å². The molecule has 4 aliphatic rings. The highest BCUT2D eigenvalue weighted by molar-refractivity contribution is 6.19. The highest BCUT2D eigenvalue weighted by Gasteiger charge is 2.72. The molecule has 1 saturated heterocycles. The summed E-state index contributed by atoms with van der Waals surface area (Å²) in [4.78, 5) is 29.5.